The summed E-state index contributed by atoms with van der Waals surface area (Å²) in [4.78, 5) is 0. The zero-order valence-electron chi connectivity index (χ0n) is 7.26. The van der Waals surface area contributed by atoms with Crippen LogP contribution in [0.2, 0.25) is 0 Å². The van der Waals surface area contributed by atoms with Crippen molar-refractivity contribution in [1.29, 1.82) is 0 Å². The van der Waals surface area contributed by atoms with Crippen molar-refractivity contribution in [2.75, 3.05) is 18.5 Å². The molecule has 0 atom stereocenters. The second-order valence-electron chi connectivity index (χ2n) is 2.82. The Morgan fingerprint density at radius 1 is 1.46 bits per heavy atom. The van der Waals surface area contributed by atoms with Crippen molar-refractivity contribution < 1.29 is 4.74 Å². The summed E-state index contributed by atoms with van der Waals surface area (Å²) in [6, 6.07) is 4.00. The molecule has 0 spiro atoms. The van der Waals surface area contributed by atoms with Crippen LogP contribution in [0.15, 0.2) is 16.6 Å². The van der Waals surface area contributed by atoms with E-state index in [1.807, 2.05) is 12.1 Å². The van der Waals surface area contributed by atoms with Gasteiger partial charge in [-0.3, -0.25) is 0 Å². The van der Waals surface area contributed by atoms with E-state index in [0.29, 0.717) is 0 Å². The number of hydrogen-bond donors (Lipinski definition) is 1. The Kier molecular flexibility index (Phi) is 3.45. The second-order valence-corrected chi connectivity index (χ2v) is 3.68. The summed E-state index contributed by atoms with van der Waals surface area (Å²) < 4.78 is 6.60. The SMILES string of the molecule is Cc1c(Br)ccc2c1NCCO2.Cl. The Labute approximate surface area is 92.2 Å². The predicted octanol–water partition coefficient (Wildman–Crippen LogP) is 2.98. The zero-order chi connectivity index (χ0) is 8.55. The normalized spacial score (nSPS) is 13.4. The lowest BCUT2D eigenvalue weighted by atomic mass is 10.1. The first-order chi connectivity index (χ1) is 5.79. The molecule has 72 valence electrons. The van der Waals surface area contributed by atoms with Crippen molar-refractivity contribution in [3.8, 4) is 5.75 Å². The van der Waals surface area contributed by atoms with Gasteiger partial charge in [-0.15, -0.1) is 12.4 Å². The topological polar surface area (TPSA) is 21.3 Å². The third-order valence-electron chi connectivity index (χ3n) is 2.02. The Hall–Kier alpha value is -0.410. The highest BCUT2D eigenvalue weighted by atomic mass is 79.9. The van der Waals surface area contributed by atoms with E-state index in [4.69, 9.17) is 4.74 Å². The number of nitrogens with one attached hydrogen (secondary N) is 1. The van der Waals surface area contributed by atoms with Gasteiger partial charge in [0.05, 0.1) is 5.69 Å². The van der Waals surface area contributed by atoms with Crippen LogP contribution in [-0.2, 0) is 0 Å². The van der Waals surface area contributed by atoms with E-state index in [2.05, 4.69) is 28.2 Å². The van der Waals surface area contributed by atoms with Gasteiger partial charge in [-0.1, -0.05) is 15.9 Å². The molecular weight excluding hydrogens is 253 g/mol. The van der Waals surface area contributed by atoms with Gasteiger partial charge in [0.1, 0.15) is 12.4 Å². The van der Waals surface area contributed by atoms with Crippen LogP contribution in [0.1, 0.15) is 5.56 Å². The lowest BCUT2D eigenvalue weighted by Crippen LogP contribution is -2.18. The maximum absolute atomic E-state index is 5.48. The monoisotopic (exact) mass is 263 g/mol. The first kappa shape index (κ1) is 10.7. The lowest BCUT2D eigenvalue weighted by Gasteiger charge is -2.21. The van der Waals surface area contributed by atoms with E-state index in [0.717, 1.165) is 29.1 Å². The lowest BCUT2D eigenvalue weighted by molar-refractivity contribution is 0.323. The summed E-state index contributed by atoms with van der Waals surface area (Å²) in [7, 11) is 0. The summed E-state index contributed by atoms with van der Waals surface area (Å²) in [6.45, 7) is 3.73. The molecule has 4 heteroatoms. The molecule has 0 fully saturated rings. The van der Waals surface area contributed by atoms with Crippen LogP contribution in [-0.4, -0.2) is 13.2 Å². The molecule has 2 rings (SSSR count). The van der Waals surface area contributed by atoms with Gasteiger partial charge in [-0.2, -0.15) is 0 Å². The van der Waals surface area contributed by atoms with Crippen molar-refractivity contribution in [1.82, 2.24) is 0 Å². The molecule has 0 aromatic heterocycles. The van der Waals surface area contributed by atoms with Crippen LogP contribution in [0.3, 0.4) is 0 Å². The number of rotatable bonds is 0. The number of ether oxygens (including phenoxy) is 1. The van der Waals surface area contributed by atoms with Gasteiger partial charge in [-0.05, 0) is 24.6 Å². The van der Waals surface area contributed by atoms with Crippen molar-refractivity contribution >= 4 is 34.0 Å². The van der Waals surface area contributed by atoms with E-state index in [9.17, 15) is 0 Å². The quantitative estimate of drug-likeness (QED) is 0.778. The fourth-order valence-electron chi connectivity index (χ4n) is 1.34. The minimum atomic E-state index is 0. The molecule has 1 heterocycles. The van der Waals surface area contributed by atoms with Gasteiger partial charge < -0.3 is 10.1 Å². The summed E-state index contributed by atoms with van der Waals surface area (Å²) in [5, 5.41) is 3.32. The first-order valence-electron chi connectivity index (χ1n) is 3.95. The maximum atomic E-state index is 5.48. The van der Waals surface area contributed by atoms with Crippen LogP contribution in [0, 0.1) is 6.92 Å². The number of hydrogen-bond acceptors (Lipinski definition) is 2. The molecule has 0 amide bonds. The zero-order valence-corrected chi connectivity index (χ0v) is 9.67. The summed E-state index contributed by atoms with van der Waals surface area (Å²) in [6.07, 6.45) is 0. The van der Waals surface area contributed by atoms with Crippen LogP contribution in [0.5, 0.6) is 5.75 Å². The van der Waals surface area contributed by atoms with Crippen molar-refractivity contribution in [3.63, 3.8) is 0 Å². The number of halogens is 2. The molecule has 1 aromatic rings. The average molecular weight is 265 g/mol. The molecule has 13 heavy (non-hydrogen) atoms. The van der Waals surface area contributed by atoms with Gasteiger partial charge in [0.25, 0.3) is 0 Å². The number of benzene rings is 1. The van der Waals surface area contributed by atoms with Gasteiger partial charge in [0.2, 0.25) is 0 Å². The standard InChI is InChI=1S/C9H10BrNO.ClH/c1-6-7(10)2-3-8-9(6)11-4-5-12-8;/h2-3,11H,4-5H2,1H3;1H. The Morgan fingerprint density at radius 2 is 2.23 bits per heavy atom. The third kappa shape index (κ3) is 1.92. The largest absolute Gasteiger partial charge is 0.490 e. The highest BCUT2D eigenvalue weighted by molar-refractivity contribution is 9.10. The van der Waals surface area contributed by atoms with Crippen LogP contribution in [0.25, 0.3) is 0 Å². The summed E-state index contributed by atoms with van der Waals surface area (Å²) in [5.41, 5.74) is 2.34. The molecule has 1 aliphatic heterocycles. The third-order valence-corrected chi connectivity index (χ3v) is 2.88. The smallest absolute Gasteiger partial charge is 0.142 e. The molecule has 0 unspecified atom stereocenters. The molecule has 0 saturated carbocycles. The minimum absolute atomic E-state index is 0. The average Bonchev–Trinajstić information content (AvgIpc) is 2.12. The van der Waals surface area contributed by atoms with Gasteiger partial charge in [-0.25, -0.2) is 0 Å². The molecule has 1 N–H and O–H groups in total. The van der Waals surface area contributed by atoms with Gasteiger partial charge in [0, 0.05) is 11.0 Å². The van der Waals surface area contributed by atoms with Crippen molar-refractivity contribution in [2.24, 2.45) is 0 Å². The molecule has 0 radical (unpaired) electrons. The number of fused-ring (bicyclic) bond motifs is 1. The molecule has 0 bridgehead atoms. The first-order valence-corrected chi connectivity index (χ1v) is 4.74. The van der Waals surface area contributed by atoms with Crippen molar-refractivity contribution in [2.45, 2.75) is 6.92 Å². The predicted molar refractivity (Wildman–Crippen MR) is 60.1 cm³/mol. The van der Waals surface area contributed by atoms with Gasteiger partial charge in [0.15, 0.2) is 0 Å². The second kappa shape index (κ2) is 4.20. The molecule has 1 aliphatic rings. The maximum Gasteiger partial charge on any atom is 0.142 e. The molecule has 0 aliphatic carbocycles. The Balaban J connectivity index is 0.000000845. The van der Waals surface area contributed by atoms with Crippen LogP contribution < -0.4 is 10.1 Å². The highest BCUT2D eigenvalue weighted by Crippen LogP contribution is 2.34. The van der Waals surface area contributed by atoms with E-state index in [1.165, 1.54) is 5.56 Å². The minimum Gasteiger partial charge on any atom is -0.490 e. The molecule has 2 nitrogen and oxygen atoms in total. The van der Waals surface area contributed by atoms with E-state index in [1.54, 1.807) is 0 Å². The van der Waals surface area contributed by atoms with Crippen LogP contribution in [0.4, 0.5) is 5.69 Å². The molecular formula is C9H11BrClNO. The van der Waals surface area contributed by atoms with Crippen molar-refractivity contribution in [3.05, 3.63) is 22.2 Å². The molecule has 0 saturated heterocycles. The summed E-state index contributed by atoms with van der Waals surface area (Å²) >= 11 is 3.48. The Morgan fingerprint density at radius 3 is 3.00 bits per heavy atom. The van der Waals surface area contributed by atoms with E-state index < -0.39 is 0 Å². The van der Waals surface area contributed by atoms with E-state index in [-0.39, 0.29) is 12.4 Å². The van der Waals surface area contributed by atoms with Gasteiger partial charge >= 0.3 is 0 Å². The Bertz CT molecular complexity index is 317. The van der Waals surface area contributed by atoms with Crippen LogP contribution >= 0.6 is 28.3 Å². The van der Waals surface area contributed by atoms with E-state index >= 15 is 0 Å². The summed E-state index contributed by atoms with van der Waals surface area (Å²) in [5.74, 6) is 0.960. The molecule has 1 aromatic carbocycles. The fraction of sp³-hybridized carbons (Fsp3) is 0.333. The number of anilines is 1. The highest BCUT2D eigenvalue weighted by Gasteiger charge is 2.12. The fourth-order valence-corrected chi connectivity index (χ4v) is 1.67.